The third-order valence-electron chi connectivity index (χ3n) is 2.51. The van der Waals surface area contributed by atoms with Crippen LogP contribution < -0.4 is 0 Å². The van der Waals surface area contributed by atoms with E-state index >= 15 is 0 Å². The van der Waals surface area contributed by atoms with Crippen molar-refractivity contribution in [2.75, 3.05) is 6.54 Å². The molecular weight excluding hydrogens is 178 g/mol. The SMILES string of the molecule is [CH]C1CC(=O)N(CCCCCC)C1=O. The van der Waals surface area contributed by atoms with Gasteiger partial charge in [-0.15, -0.1) is 0 Å². The summed E-state index contributed by atoms with van der Waals surface area (Å²) in [5, 5.41) is 0. The Hall–Kier alpha value is -0.860. The van der Waals surface area contributed by atoms with Gasteiger partial charge in [0.2, 0.25) is 11.8 Å². The summed E-state index contributed by atoms with van der Waals surface area (Å²) in [5.74, 6) is -0.904. The summed E-state index contributed by atoms with van der Waals surface area (Å²) in [6.45, 7) is 8.15. The Labute approximate surface area is 85.5 Å². The molecule has 0 aromatic rings. The molecule has 0 bridgehead atoms. The van der Waals surface area contributed by atoms with Crippen LogP contribution in [0.3, 0.4) is 0 Å². The number of carbonyl (C=O) groups excluding carboxylic acids is 2. The molecule has 2 radical (unpaired) electrons. The largest absolute Gasteiger partial charge is 0.282 e. The molecule has 1 unspecified atom stereocenters. The minimum Gasteiger partial charge on any atom is -0.282 e. The maximum Gasteiger partial charge on any atom is 0.233 e. The smallest absolute Gasteiger partial charge is 0.233 e. The van der Waals surface area contributed by atoms with Gasteiger partial charge in [0.15, 0.2) is 0 Å². The summed E-state index contributed by atoms with van der Waals surface area (Å²) >= 11 is 0. The van der Waals surface area contributed by atoms with Crippen molar-refractivity contribution in [2.45, 2.75) is 39.0 Å². The minimum atomic E-state index is -0.589. The van der Waals surface area contributed by atoms with E-state index in [0.29, 0.717) is 6.54 Å². The average molecular weight is 195 g/mol. The lowest BCUT2D eigenvalue weighted by molar-refractivity contribution is -0.139. The van der Waals surface area contributed by atoms with Crippen molar-refractivity contribution < 1.29 is 9.59 Å². The molecule has 0 aliphatic carbocycles. The van der Waals surface area contributed by atoms with E-state index in [1.165, 1.54) is 4.90 Å². The Bertz CT molecular complexity index is 225. The molecule has 0 aromatic carbocycles. The highest BCUT2D eigenvalue weighted by Crippen LogP contribution is 2.18. The molecule has 2 amide bonds. The van der Waals surface area contributed by atoms with Gasteiger partial charge >= 0.3 is 0 Å². The number of likely N-dealkylation sites (tertiary alicyclic amines) is 1. The molecule has 3 nitrogen and oxygen atoms in total. The van der Waals surface area contributed by atoms with E-state index in [9.17, 15) is 9.59 Å². The van der Waals surface area contributed by atoms with Crippen molar-refractivity contribution >= 4 is 11.8 Å². The maximum atomic E-state index is 11.4. The molecular formula is C11H17NO2. The molecule has 0 aromatic heterocycles. The lowest BCUT2D eigenvalue weighted by atomic mass is 10.1. The first-order valence-corrected chi connectivity index (χ1v) is 5.26. The zero-order valence-corrected chi connectivity index (χ0v) is 8.66. The number of hydrogen-bond acceptors (Lipinski definition) is 2. The van der Waals surface area contributed by atoms with Gasteiger partial charge in [-0.2, -0.15) is 0 Å². The normalized spacial score (nSPS) is 22.1. The van der Waals surface area contributed by atoms with Crippen molar-refractivity contribution in [1.29, 1.82) is 0 Å². The number of hydrogen-bond donors (Lipinski definition) is 0. The van der Waals surface area contributed by atoms with Crippen LogP contribution in [-0.2, 0) is 9.59 Å². The van der Waals surface area contributed by atoms with Crippen LogP contribution in [0.25, 0.3) is 0 Å². The number of amides is 2. The highest BCUT2D eigenvalue weighted by molar-refractivity contribution is 6.03. The zero-order chi connectivity index (χ0) is 10.6. The Morgan fingerprint density at radius 3 is 2.57 bits per heavy atom. The van der Waals surface area contributed by atoms with E-state index < -0.39 is 5.92 Å². The van der Waals surface area contributed by atoms with Crippen LogP contribution >= 0.6 is 0 Å². The predicted octanol–water partition coefficient (Wildman–Crippen LogP) is 1.65. The van der Waals surface area contributed by atoms with Gasteiger partial charge in [0.05, 0.1) is 5.92 Å². The Morgan fingerprint density at radius 1 is 1.36 bits per heavy atom. The first-order valence-electron chi connectivity index (χ1n) is 5.26. The van der Waals surface area contributed by atoms with Crippen LogP contribution in [0.1, 0.15) is 39.0 Å². The number of nitrogens with zero attached hydrogens (tertiary/aromatic N) is 1. The van der Waals surface area contributed by atoms with E-state index in [2.05, 4.69) is 6.92 Å². The van der Waals surface area contributed by atoms with Crippen molar-refractivity contribution in [3.05, 3.63) is 6.92 Å². The predicted molar refractivity (Wildman–Crippen MR) is 53.3 cm³/mol. The minimum absolute atomic E-state index is 0.112. The summed E-state index contributed by atoms with van der Waals surface area (Å²) in [7, 11) is 0. The van der Waals surface area contributed by atoms with E-state index in [1.54, 1.807) is 0 Å². The monoisotopic (exact) mass is 195 g/mol. The summed E-state index contributed by atoms with van der Waals surface area (Å²) in [6.07, 6.45) is 4.47. The molecule has 14 heavy (non-hydrogen) atoms. The topological polar surface area (TPSA) is 37.4 Å². The van der Waals surface area contributed by atoms with Gasteiger partial charge < -0.3 is 0 Å². The van der Waals surface area contributed by atoms with Gasteiger partial charge in [-0.25, -0.2) is 0 Å². The second-order valence-corrected chi connectivity index (χ2v) is 3.75. The molecule has 0 saturated carbocycles. The summed E-state index contributed by atoms with van der Waals surface area (Å²) in [5.41, 5.74) is 0. The molecule has 1 heterocycles. The highest BCUT2D eigenvalue weighted by atomic mass is 16.2. The second-order valence-electron chi connectivity index (χ2n) is 3.75. The zero-order valence-electron chi connectivity index (χ0n) is 8.66. The average Bonchev–Trinajstić information content (AvgIpc) is 2.38. The number of rotatable bonds is 5. The van der Waals surface area contributed by atoms with E-state index in [0.717, 1.165) is 25.7 Å². The number of carbonyl (C=O) groups is 2. The van der Waals surface area contributed by atoms with Crippen LogP contribution in [-0.4, -0.2) is 23.3 Å². The quantitative estimate of drug-likeness (QED) is 0.494. The summed E-state index contributed by atoms with van der Waals surface area (Å²) in [4.78, 5) is 23.9. The molecule has 0 spiro atoms. The molecule has 3 heteroatoms. The fourth-order valence-corrected chi connectivity index (χ4v) is 1.64. The molecule has 1 saturated heterocycles. The second kappa shape index (κ2) is 5.13. The van der Waals surface area contributed by atoms with Gasteiger partial charge in [0.25, 0.3) is 0 Å². The third-order valence-corrected chi connectivity index (χ3v) is 2.51. The Balaban J connectivity index is 2.30. The van der Waals surface area contributed by atoms with Crippen LogP contribution in [0.15, 0.2) is 0 Å². The van der Waals surface area contributed by atoms with Crippen molar-refractivity contribution in [1.82, 2.24) is 4.90 Å². The molecule has 1 fully saturated rings. The summed E-state index contributed by atoms with van der Waals surface area (Å²) in [6, 6.07) is 0. The Morgan fingerprint density at radius 2 is 2.07 bits per heavy atom. The van der Waals surface area contributed by atoms with E-state index in [-0.39, 0.29) is 18.2 Å². The van der Waals surface area contributed by atoms with E-state index in [4.69, 9.17) is 6.92 Å². The third kappa shape index (κ3) is 2.56. The first-order chi connectivity index (χ1) is 6.66. The molecule has 1 aliphatic rings. The fraction of sp³-hybridized carbons (Fsp3) is 0.727. The molecule has 1 atom stereocenters. The first kappa shape index (κ1) is 11.2. The highest BCUT2D eigenvalue weighted by Gasteiger charge is 2.34. The van der Waals surface area contributed by atoms with Crippen LogP contribution in [0.4, 0.5) is 0 Å². The van der Waals surface area contributed by atoms with Crippen molar-refractivity contribution in [2.24, 2.45) is 5.92 Å². The molecule has 78 valence electrons. The Kier molecular flexibility index (Phi) is 4.11. The van der Waals surface area contributed by atoms with Gasteiger partial charge in [0.1, 0.15) is 0 Å². The standard InChI is InChI=1S/C11H17NO2/c1-3-4-5-6-7-12-10(13)8-9(2)11(12)14/h2,9H,3-8H2,1H3. The van der Waals surface area contributed by atoms with Crippen LogP contribution in [0, 0.1) is 12.8 Å². The van der Waals surface area contributed by atoms with Gasteiger partial charge in [-0.3, -0.25) is 14.5 Å². The summed E-state index contributed by atoms with van der Waals surface area (Å²) < 4.78 is 0. The van der Waals surface area contributed by atoms with Gasteiger partial charge in [0, 0.05) is 13.0 Å². The van der Waals surface area contributed by atoms with Gasteiger partial charge in [-0.05, 0) is 13.3 Å². The fourth-order valence-electron chi connectivity index (χ4n) is 1.64. The van der Waals surface area contributed by atoms with Crippen molar-refractivity contribution in [3.8, 4) is 0 Å². The number of imide groups is 1. The lowest BCUT2D eigenvalue weighted by Crippen LogP contribution is -2.31. The van der Waals surface area contributed by atoms with E-state index in [1.807, 2.05) is 0 Å². The maximum absolute atomic E-state index is 11.4. The van der Waals surface area contributed by atoms with Crippen LogP contribution in [0.5, 0.6) is 0 Å². The van der Waals surface area contributed by atoms with Crippen LogP contribution in [0.2, 0.25) is 0 Å². The molecule has 1 rings (SSSR count). The lowest BCUT2D eigenvalue weighted by Gasteiger charge is -2.13. The molecule has 0 N–H and O–H groups in total. The van der Waals surface area contributed by atoms with Crippen molar-refractivity contribution in [3.63, 3.8) is 0 Å². The molecule has 1 aliphatic heterocycles. The van der Waals surface area contributed by atoms with Gasteiger partial charge in [-0.1, -0.05) is 26.2 Å². The number of unbranched alkanes of at least 4 members (excludes halogenated alkanes) is 3.